The molecular formula is C20H27FIN3O2S. The Balaban J connectivity index is 0.00000392. The van der Waals surface area contributed by atoms with Crippen molar-refractivity contribution in [3.05, 3.63) is 65.5 Å². The van der Waals surface area contributed by atoms with Crippen molar-refractivity contribution in [1.82, 2.24) is 10.6 Å². The van der Waals surface area contributed by atoms with Crippen molar-refractivity contribution in [2.75, 3.05) is 18.8 Å². The van der Waals surface area contributed by atoms with Crippen LogP contribution in [0.5, 0.6) is 0 Å². The lowest BCUT2D eigenvalue weighted by molar-refractivity contribution is 0.567. The summed E-state index contributed by atoms with van der Waals surface area (Å²) in [7, 11) is -3.73. The number of guanidine groups is 1. The predicted molar refractivity (Wildman–Crippen MR) is 123 cm³/mol. The van der Waals surface area contributed by atoms with Crippen LogP contribution in [-0.2, 0) is 9.84 Å². The van der Waals surface area contributed by atoms with Crippen molar-refractivity contribution in [2.24, 2.45) is 4.99 Å². The third kappa shape index (κ3) is 6.73. The zero-order valence-electron chi connectivity index (χ0n) is 16.3. The molecule has 0 aromatic heterocycles. The standard InChI is InChI=1S/C20H26FN3O2S.HI/c1-4-22-20(24-16(3)17-10-6-5-9-15(17)2)23-13-14-27(25,26)19-12-8-7-11-18(19)21;/h5-12,16H,4,13-14H2,1-3H3,(H2,22,23,24);1H. The third-order valence-electron chi connectivity index (χ3n) is 4.15. The van der Waals surface area contributed by atoms with Gasteiger partial charge >= 0.3 is 0 Å². The monoisotopic (exact) mass is 519 g/mol. The van der Waals surface area contributed by atoms with Crippen LogP contribution in [0.3, 0.4) is 0 Å². The van der Waals surface area contributed by atoms with E-state index in [1.807, 2.05) is 45.0 Å². The molecule has 0 spiro atoms. The second kappa shape index (κ2) is 11.4. The highest BCUT2D eigenvalue weighted by Gasteiger charge is 2.18. The summed E-state index contributed by atoms with van der Waals surface area (Å²) in [5.74, 6) is -0.472. The summed E-state index contributed by atoms with van der Waals surface area (Å²) in [4.78, 5) is 4.06. The molecule has 2 N–H and O–H groups in total. The van der Waals surface area contributed by atoms with Gasteiger partial charge in [0.1, 0.15) is 10.7 Å². The Labute approximate surface area is 183 Å². The number of sulfone groups is 1. The van der Waals surface area contributed by atoms with Gasteiger partial charge in [-0.05, 0) is 44.0 Å². The van der Waals surface area contributed by atoms with Crippen LogP contribution in [0.25, 0.3) is 0 Å². The number of nitrogens with one attached hydrogen (secondary N) is 2. The SMILES string of the molecule is CCNC(=NCCS(=O)(=O)c1ccccc1F)NC(C)c1ccccc1C.I. The fourth-order valence-electron chi connectivity index (χ4n) is 2.76. The summed E-state index contributed by atoms with van der Waals surface area (Å²) in [6.07, 6.45) is 0. The normalized spacial score (nSPS) is 12.8. The van der Waals surface area contributed by atoms with Crippen LogP contribution in [0.1, 0.15) is 31.0 Å². The maximum absolute atomic E-state index is 13.7. The highest BCUT2D eigenvalue weighted by molar-refractivity contribution is 14.0. The van der Waals surface area contributed by atoms with E-state index in [9.17, 15) is 12.8 Å². The van der Waals surface area contributed by atoms with Gasteiger partial charge in [0.25, 0.3) is 0 Å². The summed E-state index contributed by atoms with van der Waals surface area (Å²) in [6, 6.07) is 13.4. The number of rotatable bonds is 7. The minimum absolute atomic E-state index is 0. The lowest BCUT2D eigenvalue weighted by Crippen LogP contribution is -2.39. The molecule has 0 fully saturated rings. The van der Waals surface area contributed by atoms with Gasteiger partial charge in [0.05, 0.1) is 18.3 Å². The number of nitrogens with zero attached hydrogens (tertiary/aromatic N) is 1. The number of benzene rings is 2. The molecule has 0 aliphatic heterocycles. The van der Waals surface area contributed by atoms with Crippen molar-refractivity contribution in [3.8, 4) is 0 Å². The summed E-state index contributed by atoms with van der Waals surface area (Å²) in [5, 5.41) is 6.39. The van der Waals surface area contributed by atoms with Crippen LogP contribution in [0.4, 0.5) is 4.39 Å². The van der Waals surface area contributed by atoms with E-state index in [0.29, 0.717) is 12.5 Å². The van der Waals surface area contributed by atoms with E-state index in [1.54, 1.807) is 0 Å². The second-order valence-electron chi connectivity index (χ2n) is 6.23. The Bertz CT molecular complexity index is 904. The molecule has 2 aromatic carbocycles. The van der Waals surface area contributed by atoms with Crippen LogP contribution in [0, 0.1) is 12.7 Å². The summed E-state index contributed by atoms with van der Waals surface area (Å²) >= 11 is 0. The highest BCUT2D eigenvalue weighted by atomic mass is 127. The number of hydrogen-bond donors (Lipinski definition) is 2. The molecular weight excluding hydrogens is 492 g/mol. The van der Waals surface area contributed by atoms with Gasteiger partial charge in [-0.2, -0.15) is 0 Å². The summed E-state index contributed by atoms with van der Waals surface area (Å²) in [5.41, 5.74) is 2.30. The van der Waals surface area contributed by atoms with Gasteiger partial charge in [-0.15, -0.1) is 24.0 Å². The quantitative estimate of drug-likeness (QED) is 0.332. The van der Waals surface area contributed by atoms with E-state index in [1.165, 1.54) is 18.2 Å². The molecule has 2 aromatic rings. The van der Waals surface area contributed by atoms with Crippen molar-refractivity contribution >= 4 is 39.8 Å². The number of hydrogen-bond acceptors (Lipinski definition) is 3. The van der Waals surface area contributed by atoms with Crippen molar-refractivity contribution in [1.29, 1.82) is 0 Å². The molecule has 0 aliphatic carbocycles. The van der Waals surface area contributed by atoms with E-state index < -0.39 is 15.7 Å². The molecule has 0 heterocycles. The molecule has 8 heteroatoms. The first-order valence-electron chi connectivity index (χ1n) is 8.93. The van der Waals surface area contributed by atoms with Gasteiger partial charge in [0.15, 0.2) is 15.8 Å². The maximum Gasteiger partial charge on any atom is 0.191 e. The molecule has 0 aliphatic rings. The van der Waals surface area contributed by atoms with Crippen molar-refractivity contribution in [2.45, 2.75) is 31.7 Å². The summed E-state index contributed by atoms with van der Waals surface area (Å²) < 4.78 is 38.4. The van der Waals surface area contributed by atoms with Crippen LogP contribution in [0.2, 0.25) is 0 Å². The number of aliphatic imine (C=N–C) groups is 1. The first kappa shape index (κ1) is 24.4. The van der Waals surface area contributed by atoms with E-state index in [-0.39, 0.29) is 47.2 Å². The largest absolute Gasteiger partial charge is 0.357 e. The molecule has 28 heavy (non-hydrogen) atoms. The van der Waals surface area contributed by atoms with Gasteiger partial charge in [-0.25, -0.2) is 12.8 Å². The highest BCUT2D eigenvalue weighted by Crippen LogP contribution is 2.17. The third-order valence-corrected chi connectivity index (χ3v) is 5.88. The molecule has 2 rings (SSSR count). The Morgan fingerprint density at radius 2 is 1.79 bits per heavy atom. The smallest absolute Gasteiger partial charge is 0.191 e. The van der Waals surface area contributed by atoms with Crippen LogP contribution >= 0.6 is 24.0 Å². The number of aryl methyl sites for hydroxylation is 1. The Morgan fingerprint density at radius 1 is 1.14 bits per heavy atom. The van der Waals surface area contributed by atoms with Crippen LogP contribution < -0.4 is 10.6 Å². The van der Waals surface area contributed by atoms with E-state index in [0.717, 1.165) is 17.2 Å². The predicted octanol–water partition coefficient (Wildman–Crippen LogP) is 3.84. The molecule has 0 amide bonds. The Kier molecular flexibility index (Phi) is 9.88. The zero-order valence-corrected chi connectivity index (χ0v) is 19.4. The minimum atomic E-state index is -3.73. The molecule has 154 valence electrons. The Hall–Kier alpha value is -1.68. The van der Waals surface area contributed by atoms with E-state index in [4.69, 9.17) is 0 Å². The van der Waals surface area contributed by atoms with Gasteiger partial charge in [0.2, 0.25) is 0 Å². The fraction of sp³-hybridized carbons (Fsp3) is 0.350. The van der Waals surface area contributed by atoms with E-state index >= 15 is 0 Å². The van der Waals surface area contributed by atoms with E-state index in [2.05, 4.69) is 15.6 Å². The maximum atomic E-state index is 13.7. The minimum Gasteiger partial charge on any atom is -0.357 e. The molecule has 5 nitrogen and oxygen atoms in total. The van der Waals surface area contributed by atoms with Gasteiger partial charge in [0, 0.05) is 6.54 Å². The lowest BCUT2D eigenvalue weighted by atomic mass is 10.0. The Morgan fingerprint density at radius 3 is 2.43 bits per heavy atom. The topological polar surface area (TPSA) is 70.6 Å². The summed E-state index contributed by atoms with van der Waals surface area (Å²) in [6.45, 7) is 6.68. The molecule has 0 saturated carbocycles. The van der Waals surface area contributed by atoms with Crippen molar-refractivity contribution in [3.63, 3.8) is 0 Å². The van der Waals surface area contributed by atoms with Gasteiger partial charge in [-0.3, -0.25) is 4.99 Å². The first-order chi connectivity index (χ1) is 12.8. The molecule has 0 saturated heterocycles. The zero-order chi connectivity index (χ0) is 19.9. The fourth-order valence-corrected chi connectivity index (χ4v) is 3.96. The van der Waals surface area contributed by atoms with Gasteiger partial charge < -0.3 is 10.6 Å². The average Bonchev–Trinajstić information content (AvgIpc) is 2.62. The lowest BCUT2D eigenvalue weighted by Gasteiger charge is -2.19. The average molecular weight is 519 g/mol. The van der Waals surface area contributed by atoms with Crippen LogP contribution in [-0.4, -0.2) is 33.2 Å². The molecule has 0 bridgehead atoms. The first-order valence-corrected chi connectivity index (χ1v) is 10.6. The second-order valence-corrected chi connectivity index (χ2v) is 8.31. The van der Waals surface area contributed by atoms with Crippen LogP contribution in [0.15, 0.2) is 58.4 Å². The molecule has 1 unspecified atom stereocenters. The van der Waals surface area contributed by atoms with Gasteiger partial charge in [-0.1, -0.05) is 36.4 Å². The van der Waals surface area contributed by atoms with Crippen molar-refractivity contribution < 1.29 is 12.8 Å². The molecule has 1 atom stereocenters. The number of halogens is 2. The molecule has 0 radical (unpaired) electrons.